The van der Waals surface area contributed by atoms with Gasteiger partial charge in [0.2, 0.25) is 5.91 Å². The van der Waals surface area contributed by atoms with Crippen LogP contribution >= 0.6 is 0 Å². The summed E-state index contributed by atoms with van der Waals surface area (Å²) in [5.41, 5.74) is 6.91. The van der Waals surface area contributed by atoms with Crippen molar-refractivity contribution in [1.82, 2.24) is 0 Å². The highest BCUT2D eigenvalue weighted by atomic mass is 16.1. The number of carbonyl (C=O) groups excluding carboxylic acids is 2. The van der Waals surface area contributed by atoms with Gasteiger partial charge in [0.25, 0.3) is 0 Å². The van der Waals surface area contributed by atoms with Crippen LogP contribution in [0.15, 0.2) is 24.3 Å². The van der Waals surface area contributed by atoms with Gasteiger partial charge in [-0.15, -0.1) is 0 Å². The van der Waals surface area contributed by atoms with Gasteiger partial charge >= 0.3 is 0 Å². The summed E-state index contributed by atoms with van der Waals surface area (Å²) in [5.74, 6) is -0.496. The molecular weight excluding hydrogens is 228 g/mol. The molecule has 1 rings (SSSR count). The van der Waals surface area contributed by atoms with Crippen LogP contribution < -0.4 is 5.73 Å². The molecule has 0 radical (unpaired) electrons. The highest BCUT2D eigenvalue weighted by molar-refractivity contribution is 5.80. The van der Waals surface area contributed by atoms with E-state index in [4.69, 9.17) is 11.1 Å². The minimum atomic E-state index is -0.380. The molecule has 1 unspecified atom stereocenters. The number of benzene rings is 1. The zero-order valence-corrected chi connectivity index (χ0v) is 10.5. The van der Waals surface area contributed by atoms with E-state index in [9.17, 15) is 9.59 Å². The van der Waals surface area contributed by atoms with E-state index in [2.05, 4.69) is 0 Å². The van der Waals surface area contributed by atoms with Gasteiger partial charge in [-0.3, -0.25) is 9.59 Å². The first-order valence-electron chi connectivity index (χ1n) is 5.91. The molecule has 96 valence electrons. The second-order valence-electron chi connectivity index (χ2n) is 4.41. The third kappa shape index (κ3) is 4.49. The molecule has 0 heterocycles. The number of ketones is 1. The molecule has 0 bridgehead atoms. The molecule has 18 heavy (non-hydrogen) atoms. The number of amides is 1. The highest BCUT2D eigenvalue weighted by Gasteiger charge is 2.15. The number of carbonyl (C=O) groups is 2. The first kappa shape index (κ1) is 14.1. The van der Waals surface area contributed by atoms with Gasteiger partial charge in [-0.1, -0.05) is 24.3 Å². The SMILES string of the molecule is CC(=O)C(CCC(N)=O)Cc1cccc(C=N)c1. The summed E-state index contributed by atoms with van der Waals surface area (Å²) >= 11 is 0. The maximum atomic E-state index is 11.5. The van der Waals surface area contributed by atoms with Crippen molar-refractivity contribution in [2.24, 2.45) is 11.7 Å². The van der Waals surface area contributed by atoms with Crippen molar-refractivity contribution in [3.05, 3.63) is 35.4 Å². The molecule has 0 aliphatic carbocycles. The fourth-order valence-electron chi connectivity index (χ4n) is 1.86. The Labute approximate surface area is 107 Å². The Kier molecular flexibility index (Phi) is 5.24. The van der Waals surface area contributed by atoms with Crippen LogP contribution in [0.25, 0.3) is 0 Å². The standard InChI is InChI=1S/C14H18N2O2/c1-10(17)13(5-6-14(16)18)8-11-3-2-4-12(7-11)9-15/h2-4,7,9,13,15H,5-6,8H2,1H3,(H2,16,18). The second-order valence-corrected chi connectivity index (χ2v) is 4.41. The van der Waals surface area contributed by atoms with Gasteiger partial charge in [0.1, 0.15) is 5.78 Å². The van der Waals surface area contributed by atoms with Crippen molar-refractivity contribution in [1.29, 1.82) is 5.41 Å². The average molecular weight is 246 g/mol. The maximum Gasteiger partial charge on any atom is 0.217 e. The first-order chi connectivity index (χ1) is 8.52. The molecule has 0 spiro atoms. The number of rotatable bonds is 7. The Hall–Kier alpha value is -1.97. The fourth-order valence-corrected chi connectivity index (χ4v) is 1.86. The predicted octanol–water partition coefficient (Wildman–Crippen LogP) is 1.70. The summed E-state index contributed by atoms with van der Waals surface area (Å²) in [6, 6.07) is 7.50. The second kappa shape index (κ2) is 6.69. The van der Waals surface area contributed by atoms with Gasteiger partial charge in [-0.05, 0) is 30.9 Å². The molecule has 1 aromatic rings. The molecule has 0 saturated heterocycles. The molecular formula is C14H18N2O2. The lowest BCUT2D eigenvalue weighted by Crippen LogP contribution is -2.18. The number of Topliss-reactive ketones (excluding diaryl/α,β-unsaturated/α-hetero) is 1. The third-order valence-electron chi connectivity index (χ3n) is 2.91. The van der Waals surface area contributed by atoms with Crippen LogP contribution in [0, 0.1) is 11.3 Å². The quantitative estimate of drug-likeness (QED) is 0.717. The third-order valence-corrected chi connectivity index (χ3v) is 2.91. The van der Waals surface area contributed by atoms with Crippen LogP contribution in [0.1, 0.15) is 30.9 Å². The maximum absolute atomic E-state index is 11.5. The van der Waals surface area contributed by atoms with Gasteiger partial charge in [-0.25, -0.2) is 0 Å². The number of nitrogens with two attached hydrogens (primary N) is 1. The average Bonchev–Trinajstić information content (AvgIpc) is 2.34. The van der Waals surface area contributed by atoms with Crippen LogP contribution in [-0.2, 0) is 16.0 Å². The van der Waals surface area contributed by atoms with Crippen LogP contribution in [0.2, 0.25) is 0 Å². The van der Waals surface area contributed by atoms with Crippen molar-refractivity contribution < 1.29 is 9.59 Å². The smallest absolute Gasteiger partial charge is 0.217 e. The molecule has 1 atom stereocenters. The van der Waals surface area contributed by atoms with E-state index in [-0.39, 0.29) is 24.0 Å². The van der Waals surface area contributed by atoms with E-state index >= 15 is 0 Å². The van der Waals surface area contributed by atoms with Crippen molar-refractivity contribution in [3.8, 4) is 0 Å². The summed E-state index contributed by atoms with van der Waals surface area (Å²) in [5, 5.41) is 7.19. The monoisotopic (exact) mass is 246 g/mol. The minimum Gasteiger partial charge on any atom is -0.370 e. The van der Waals surface area contributed by atoms with Crippen LogP contribution in [0.4, 0.5) is 0 Å². The molecule has 4 heteroatoms. The van der Waals surface area contributed by atoms with Gasteiger partial charge < -0.3 is 11.1 Å². The predicted molar refractivity (Wildman–Crippen MR) is 70.6 cm³/mol. The molecule has 0 fully saturated rings. The Morgan fingerprint density at radius 2 is 2.17 bits per heavy atom. The lowest BCUT2D eigenvalue weighted by atomic mass is 9.91. The zero-order valence-electron chi connectivity index (χ0n) is 10.5. The molecule has 3 N–H and O–H groups in total. The topological polar surface area (TPSA) is 84.0 Å². The van der Waals surface area contributed by atoms with E-state index in [0.29, 0.717) is 12.8 Å². The normalized spacial score (nSPS) is 11.8. The van der Waals surface area contributed by atoms with Gasteiger partial charge in [-0.2, -0.15) is 0 Å². The summed E-state index contributed by atoms with van der Waals surface area (Å²) in [4.78, 5) is 22.3. The number of nitrogens with one attached hydrogen (secondary N) is 1. The lowest BCUT2D eigenvalue weighted by molar-refractivity contribution is -0.121. The van der Waals surface area contributed by atoms with E-state index in [0.717, 1.165) is 11.1 Å². The van der Waals surface area contributed by atoms with Crippen LogP contribution in [-0.4, -0.2) is 17.9 Å². The molecule has 0 saturated carbocycles. The molecule has 1 amide bonds. The van der Waals surface area contributed by atoms with Gasteiger partial charge in [0.05, 0.1) is 0 Å². The Morgan fingerprint density at radius 1 is 1.44 bits per heavy atom. The zero-order chi connectivity index (χ0) is 13.5. The molecule has 0 aliphatic heterocycles. The van der Waals surface area contributed by atoms with Gasteiger partial charge in [0, 0.05) is 18.6 Å². The molecule has 0 aliphatic rings. The van der Waals surface area contributed by atoms with Crippen molar-refractivity contribution in [3.63, 3.8) is 0 Å². The van der Waals surface area contributed by atoms with Crippen molar-refractivity contribution >= 4 is 17.9 Å². The summed E-state index contributed by atoms with van der Waals surface area (Å²) in [7, 11) is 0. The van der Waals surface area contributed by atoms with E-state index in [1.165, 1.54) is 13.1 Å². The highest BCUT2D eigenvalue weighted by Crippen LogP contribution is 2.16. The Balaban J connectivity index is 2.73. The Bertz CT molecular complexity index is 455. The van der Waals surface area contributed by atoms with Crippen molar-refractivity contribution in [2.45, 2.75) is 26.2 Å². The minimum absolute atomic E-state index is 0.0662. The largest absolute Gasteiger partial charge is 0.370 e. The van der Waals surface area contributed by atoms with E-state index in [1.54, 1.807) is 0 Å². The number of hydrogen-bond acceptors (Lipinski definition) is 3. The molecule has 1 aromatic carbocycles. The lowest BCUT2D eigenvalue weighted by Gasteiger charge is -2.13. The number of primary amides is 1. The van der Waals surface area contributed by atoms with Gasteiger partial charge in [0.15, 0.2) is 0 Å². The Morgan fingerprint density at radius 3 is 2.72 bits per heavy atom. The summed E-state index contributed by atoms with van der Waals surface area (Å²) < 4.78 is 0. The summed E-state index contributed by atoms with van der Waals surface area (Å²) in [6.45, 7) is 1.53. The number of hydrogen-bond donors (Lipinski definition) is 2. The van der Waals surface area contributed by atoms with E-state index in [1.807, 2.05) is 24.3 Å². The van der Waals surface area contributed by atoms with Crippen LogP contribution in [0.3, 0.4) is 0 Å². The summed E-state index contributed by atoms with van der Waals surface area (Å²) in [6.07, 6.45) is 2.58. The molecule has 0 aromatic heterocycles. The fraction of sp³-hybridized carbons (Fsp3) is 0.357. The first-order valence-corrected chi connectivity index (χ1v) is 5.91. The van der Waals surface area contributed by atoms with E-state index < -0.39 is 0 Å². The van der Waals surface area contributed by atoms with Crippen LogP contribution in [0.5, 0.6) is 0 Å². The van der Waals surface area contributed by atoms with Crippen molar-refractivity contribution in [2.75, 3.05) is 0 Å². The molecule has 4 nitrogen and oxygen atoms in total.